The van der Waals surface area contributed by atoms with Crippen molar-refractivity contribution in [1.82, 2.24) is 4.90 Å². The number of rotatable bonds is 5. The molecule has 0 radical (unpaired) electrons. The number of carbonyl (C=O) groups is 4. The molecule has 0 saturated carbocycles. The summed E-state index contributed by atoms with van der Waals surface area (Å²) in [5.41, 5.74) is 1.53. The predicted octanol–water partition coefficient (Wildman–Crippen LogP) is 2.52. The maximum Gasteiger partial charge on any atom is 0.265 e. The second kappa shape index (κ2) is 7.03. The SMILES string of the molecule is CC(=O)c1ccc(O[C@H](C)C(=O)Nc2ccc3c(c2)C(=O)N(C)C3=O)cc1. The van der Waals surface area contributed by atoms with Gasteiger partial charge < -0.3 is 10.1 Å². The molecule has 3 rings (SSSR count). The Bertz CT molecular complexity index is 949. The normalized spacial score (nSPS) is 14.0. The van der Waals surface area contributed by atoms with Crippen LogP contribution in [0.5, 0.6) is 5.75 Å². The standard InChI is InChI=1S/C20H18N2O5/c1-11(23)13-4-7-15(8-5-13)27-12(2)18(24)21-14-6-9-16-17(10-14)20(26)22(3)19(16)25/h4-10,12H,1-3H3,(H,21,24)/t12-/m1/s1. The molecule has 0 spiro atoms. The lowest BCUT2D eigenvalue weighted by atomic mass is 10.1. The van der Waals surface area contributed by atoms with E-state index in [1.54, 1.807) is 37.3 Å². The van der Waals surface area contributed by atoms with Crippen LogP contribution in [-0.4, -0.2) is 41.6 Å². The number of ether oxygens (including phenoxy) is 1. The minimum Gasteiger partial charge on any atom is -0.481 e. The number of nitrogens with one attached hydrogen (secondary N) is 1. The fourth-order valence-corrected chi connectivity index (χ4v) is 2.71. The van der Waals surface area contributed by atoms with Crippen LogP contribution in [0.3, 0.4) is 0 Å². The lowest BCUT2D eigenvalue weighted by Crippen LogP contribution is -2.30. The van der Waals surface area contributed by atoms with Gasteiger partial charge in [0.25, 0.3) is 17.7 Å². The van der Waals surface area contributed by atoms with Gasteiger partial charge in [0.2, 0.25) is 0 Å². The molecule has 1 aliphatic rings. The van der Waals surface area contributed by atoms with Crippen molar-refractivity contribution in [2.75, 3.05) is 12.4 Å². The van der Waals surface area contributed by atoms with E-state index in [9.17, 15) is 19.2 Å². The lowest BCUT2D eigenvalue weighted by Gasteiger charge is -2.15. The molecule has 0 bridgehead atoms. The van der Waals surface area contributed by atoms with Crippen LogP contribution in [0, 0.1) is 0 Å². The minimum atomic E-state index is -0.804. The van der Waals surface area contributed by atoms with E-state index in [0.717, 1.165) is 4.90 Å². The molecule has 0 aliphatic carbocycles. The minimum absolute atomic E-state index is 0.0531. The molecule has 7 heteroatoms. The fraction of sp³-hybridized carbons (Fsp3) is 0.200. The third-order valence-corrected chi connectivity index (χ3v) is 4.30. The van der Waals surface area contributed by atoms with E-state index in [1.807, 2.05) is 0 Å². The van der Waals surface area contributed by atoms with Crippen molar-refractivity contribution in [2.45, 2.75) is 20.0 Å². The Balaban J connectivity index is 1.68. The maximum atomic E-state index is 12.3. The number of amides is 3. The Kier molecular flexibility index (Phi) is 4.77. The second-order valence-corrected chi connectivity index (χ2v) is 6.26. The first-order valence-electron chi connectivity index (χ1n) is 8.33. The van der Waals surface area contributed by atoms with E-state index < -0.39 is 17.9 Å². The molecular weight excluding hydrogens is 348 g/mol. The van der Waals surface area contributed by atoms with E-state index in [4.69, 9.17) is 4.74 Å². The van der Waals surface area contributed by atoms with Crippen molar-refractivity contribution in [2.24, 2.45) is 0 Å². The summed E-state index contributed by atoms with van der Waals surface area (Å²) in [5.74, 6) is -0.767. The highest BCUT2D eigenvalue weighted by Crippen LogP contribution is 2.25. The van der Waals surface area contributed by atoms with Crippen molar-refractivity contribution in [3.8, 4) is 5.75 Å². The van der Waals surface area contributed by atoms with Gasteiger partial charge in [-0.2, -0.15) is 0 Å². The summed E-state index contributed by atoms with van der Waals surface area (Å²) in [5, 5.41) is 2.67. The highest BCUT2D eigenvalue weighted by atomic mass is 16.5. The fourth-order valence-electron chi connectivity index (χ4n) is 2.71. The van der Waals surface area contributed by atoms with E-state index in [-0.39, 0.29) is 17.3 Å². The van der Waals surface area contributed by atoms with Crippen molar-refractivity contribution in [3.63, 3.8) is 0 Å². The van der Waals surface area contributed by atoms with E-state index in [2.05, 4.69) is 5.32 Å². The molecule has 0 aromatic heterocycles. The maximum absolute atomic E-state index is 12.3. The average molecular weight is 366 g/mol. The summed E-state index contributed by atoms with van der Waals surface area (Å²) in [6, 6.07) is 11.1. The molecule has 2 aromatic rings. The van der Waals surface area contributed by atoms with Crippen LogP contribution in [0.25, 0.3) is 0 Å². The zero-order valence-corrected chi connectivity index (χ0v) is 15.1. The molecule has 27 heavy (non-hydrogen) atoms. The topological polar surface area (TPSA) is 92.8 Å². The second-order valence-electron chi connectivity index (χ2n) is 6.26. The van der Waals surface area contributed by atoms with Crippen LogP contribution in [0.2, 0.25) is 0 Å². The number of benzene rings is 2. The summed E-state index contributed by atoms with van der Waals surface area (Å²) in [6.07, 6.45) is -0.804. The summed E-state index contributed by atoms with van der Waals surface area (Å²) in [6.45, 7) is 3.06. The van der Waals surface area contributed by atoms with E-state index in [1.165, 1.54) is 26.1 Å². The Hall–Kier alpha value is -3.48. The third-order valence-electron chi connectivity index (χ3n) is 4.30. The number of fused-ring (bicyclic) bond motifs is 1. The monoisotopic (exact) mass is 366 g/mol. The highest BCUT2D eigenvalue weighted by Gasteiger charge is 2.32. The smallest absolute Gasteiger partial charge is 0.265 e. The van der Waals surface area contributed by atoms with Gasteiger partial charge in [0.05, 0.1) is 11.1 Å². The van der Waals surface area contributed by atoms with Gasteiger partial charge >= 0.3 is 0 Å². The number of ketones is 1. The summed E-state index contributed by atoms with van der Waals surface area (Å²) in [4.78, 5) is 48.6. The Morgan fingerprint density at radius 1 is 1.00 bits per heavy atom. The Morgan fingerprint density at radius 2 is 1.63 bits per heavy atom. The first-order valence-corrected chi connectivity index (χ1v) is 8.33. The van der Waals surface area contributed by atoms with E-state index >= 15 is 0 Å². The van der Waals surface area contributed by atoms with Crippen LogP contribution in [0.4, 0.5) is 5.69 Å². The van der Waals surface area contributed by atoms with Gasteiger partial charge in [-0.3, -0.25) is 24.1 Å². The number of hydrogen-bond acceptors (Lipinski definition) is 5. The molecule has 1 aliphatic heterocycles. The van der Waals surface area contributed by atoms with E-state index in [0.29, 0.717) is 22.6 Å². The lowest BCUT2D eigenvalue weighted by molar-refractivity contribution is -0.122. The van der Waals surface area contributed by atoms with Crippen molar-refractivity contribution in [1.29, 1.82) is 0 Å². The number of carbonyl (C=O) groups excluding carboxylic acids is 4. The van der Waals surface area contributed by atoms with Gasteiger partial charge in [0, 0.05) is 18.3 Å². The summed E-state index contributed by atoms with van der Waals surface area (Å²) in [7, 11) is 1.41. The molecule has 1 atom stereocenters. The van der Waals surface area contributed by atoms with Gasteiger partial charge in [-0.05, 0) is 56.3 Å². The number of hydrogen-bond donors (Lipinski definition) is 1. The largest absolute Gasteiger partial charge is 0.481 e. The van der Waals surface area contributed by atoms with Gasteiger partial charge in [-0.1, -0.05) is 0 Å². The van der Waals surface area contributed by atoms with Crippen molar-refractivity contribution in [3.05, 3.63) is 59.2 Å². The van der Waals surface area contributed by atoms with Gasteiger partial charge in [-0.25, -0.2) is 0 Å². The Labute approximate surface area is 155 Å². The molecule has 2 aromatic carbocycles. The van der Waals surface area contributed by atoms with Crippen LogP contribution < -0.4 is 10.1 Å². The molecule has 7 nitrogen and oxygen atoms in total. The third kappa shape index (κ3) is 3.57. The average Bonchev–Trinajstić information content (AvgIpc) is 2.86. The van der Waals surface area contributed by atoms with Gasteiger partial charge in [-0.15, -0.1) is 0 Å². The number of anilines is 1. The van der Waals surface area contributed by atoms with Gasteiger partial charge in [0.15, 0.2) is 11.9 Å². The number of imide groups is 1. The molecular formula is C20H18N2O5. The van der Waals surface area contributed by atoms with Gasteiger partial charge in [0.1, 0.15) is 5.75 Å². The Morgan fingerprint density at radius 3 is 2.26 bits per heavy atom. The molecule has 0 saturated heterocycles. The first kappa shape index (κ1) is 18.3. The molecule has 1 heterocycles. The number of nitrogens with zero attached hydrogens (tertiary/aromatic N) is 1. The summed E-state index contributed by atoms with van der Waals surface area (Å²) < 4.78 is 5.58. The first-order chi connectivity index (χ1) is 12.8. The number of Topliss-reactive ketones (excluding diaryl/α,β-unsaturated/α-hetero) is 1. The predicted molar refractivity (Wildman–Crippen MR) is 98.0 cm³/mol. The highest BCUT2D eigenvalue weighted by molar-refractivity contribution is 6.21. The molecule has 1 N–H and O–H groups in total. The molecule has 0 fully saturated rings. The zero-order chi connectivity index (χ0) is 19.7. The van der Waals surface area contributed by atoms with Crippen LogP contribution in [-0.2, 0) is 4.79 Å². The zero-order valence-electron chi connectivity index (χ0n) is 15.1. The molecule has 3 amide bonds. The van der Waals surface area contributed by atoms with Crippen LogP contribution in [0.1, 0.15) is 44.9 Å². The molecule has 0 unspecified atom stereocenters. The van der Waals surface area contributed by atoms with Crippen molar-refractivity contribution < 1.29 is 23.9 Å². The quantitative estimate of drug-likeness (QED) is 0.648. The van der Waals surface area contributed by atoms with Crippen molar-refractivity contribution >= 4 is 29.2 Å². The van der Waals surface area contributed by atoms with Crippen LogP contribution >= 0.6 is 0 Å². The molecule has 138 valence electrons. The van der Waals surface area contributed by atoms with Crippen LogP contribution in [0.15, 0.2) is 42.5 Å². The summed E-state index contributed by atoms with van der Waals surface area (Å²) >= 11 is 0.